The van der Waals surface area contributed by atoms with E-state index in [9.17, 15) is 4.79 Å². The van der Waals surface area contributed by atoms with E-state index in [2.05, 4.69) is 5.10 Å². The molecule has 5 heteroatoms. The van der Waals surface area contributed by atoms with Gasteiger partial charge in [-0.05, 0) is 25.7 Å². The average molecular weight is 220 g/mol. The Morgan fingerprint density at radius 2 is 2.31 bits per heavy atom. The molecule has 1 amide bonds. The number of aromatic nitrogens is 2. The molecule has 1 aliphatic carbocycles. The van der Waals surface area contributed by atoms with Gasteiger partial charge in [0.1, 0.15) is 6.04 Å². The second-order valence-corrected chi connectivity index (χ2v) is 4.84. The zero-order valence-electron chi connectivity index (χ0n) is 9.34. The predicted octanol–water partition coefficient (Wildman–Crippen LogP) is 0.355. The van der Waals surface area contributed by atoms with Crippen LogP contribution in [0.15, 0.2) is 12.4 Å². The van der Waals surface area contributed by atoms with Crippen LogP contribution in [0.4, 0.5) is 5.69 Å². The molecule has 0 spiro atoms. The third kappa shape index (κ3) is 1.43. The molecule has 0 radical (unpaired) electrons. The summed E-state index contributed by atoms with van der Waals surface area (Å²) in [5.74, 6) is 0.790. The zero-order chi connectivity index (χ0) is 11.3. The average Bonchev–Trinajstić information content (AvgIpc) is 2.98. The van der Waals surface area contributed by atoms with Crippen LogP contribution in [-0.2, 0) is 11.3 Å². The molecule has 1 saturated heterocycles. The van der Waals surface area contributed by atoms with Gasteiger partial charge in [-0.25, -0.2) is 0 Å². The zero-order valence-corrected chi connectivity index (χ0v) is 9.34. The van der Waals surface area contributed by atoms with Crippen molar-refractivity contribution in [3.8, 4) is 0 Å². The van der Waals surface area contributed by atoms with Gasteiger partial charge in [0, 0.05) is 12.7 Å². The first-order valence-electron chi connectivity index (χ1n) is 5.78. The normalized spacial score (nSPS) is 29.4. The summed E-state index contributed by atoms with van der Waals surface area (Å²) < 4.78 is 1.93. The van der Waals surface area contributed by atoms with Crippen LogP contribution in [0.3, 0.4) is 0 Å². The van der Waals surface area contributed by atoms with Gasteiger partial charge in [-0.3, -0.25) is 9.48 Å². The molecule has 16 heavy (non-hydrogen) atoms. The lowest BCUT2D eigenvalue weighted by Gasteiger charge is -2.42. The van der Waals surface area contributed by atoms with Gasteiger partial charge < -0.3 is 10.6 Å². The van der Waals surface area contributed by atoms with E-state index in [1.54, 1.807) is 11.1 Å². The summed E-state index contributed by atoms with van der Waals surface area (Å²) in [7, 11) is 0. The summed E-state index contributed by atoms with van der Waals surface area (Å²) in [6.07, 6.45) is 6.31. The third-order valence-electron chi connectivity index (χ3n) is 3.49. The standard InChI is InChI=1S/C11H16N4O/c1-7-10(12)11(16)15(7)9-4-13-14(6-9)5-8-2-3-8/h4,6-8,10H,2-3,5,12H2,1H3/t7-,10+/m1/s1. The van der Waals surface area contributed by atoms with Crippen LogP contribution in [0, 0.1) is 5.92 Å². The molecule has 86 valence electrons. The van der Waals surface area contributed by atoms with E-state index in [1.165, 1.54) is 12.8 Å². The van der Waals surface area contributed by atoms with E-state index in [4.69, 9.17) is 5.73 Å². The van der Waals surface area contributed by atoms with Crippen LogP contribution >= 0.6 is 0 Å². The number of rotatable bonds is 3. The minimum Gasteiger partial charge on any atom is -0.318 e. The van der Waals surface area contributed by atoms with Crippen molar-refractivity contribution in [2.45, 2.75) is 38.4 Å². The predicted molar refractivity (Wildman–Crippen MR) is 59.9 cm³/mol. The Morgan fingerprint density at radius 1 is 1.56 bits per heavy atom. The van der Waals surface area contributed by atoms with Crippen molar-refractivity contribution in [2.24, 2.45) is 11.7 Å². The van der Waals surface area contributed by atoms with Crippen LogP contribution < -0.4 is 10.6 Å². The highest BCUT2D eigenvalue weighted by molar-refractivity contribution is 6.05. The van der Waals surface area contributed by atoms with Gasteiger partial charge in [0.2, 0.25) is 5.91 Å². The monoisotopic (exact) mass is 220 g/mol. The highest BCUT2D eigenvalue weighted by Gasteiger charge is 2.43. The van der Waals surface area contributed by atoms with Crippen molar-refractivity contribution in [1.82, 2.24) is 9.78 Å². The van der Waals surface area contributed by atoms with Gasteiger partial charge in [0.15, 0.2) is 0 Å². The fourth-order valence-corrected chi connectivity index (χ4v) is 2.15. The van der Waals surface area contributed by atoms with Crippen LogP contribution in [0.25, 0.3) is 0 Å². The third-order valence-corrected chi connectivity index (χ3v) is 3.49. The highest BCUT2D eigenvalue weighted by atomic mass is 16.2. The summed E-state index contributed by atoms with van der Waals surface area (Å²) in [4.78, 5) is 13.3. The van der Waals surface area contributed by atoms with Crippen LogP contribution in [0.2, 0.25) is 0 Å². The minimum atomic E-state index is -0.341. The first-order chi connectivity index (χ1) is 7.66. The molecule has 1 aromatic heterocycles. The van der Waals surface area contributed by atoms with Crippen LogP contribution in [0.1, 0.15) is 19.8 Å². The van der Waals surface area contributed by atoms with Gasteiger partial charge in [0.05, 0.1) is 17.9 Å². The summed E-state index contributed by atoms with van der Waals surface area (Å²) in [6, 6.07) is -0.252. The molecular formula is C11H16N4O. The Balaban J connectivity index is 1.74. The lowest BCUT2D eigenvalue weighted by molar-refractivity contribution is -0.125. The van der Waals surface area contributed by atoms with Crippen LogP contribution in [-0.4, -0.2) is 27.8 Å². The largest absolute Gasteiger partial charge is 0.318 e. The topological polar surface area (TPSA) is 64.2 Å². The van der Waals surface area contributed by atoms with Crippen molar-refractivity contribution < 1.29 is 4.79 Å². The van der Waals surface area contributed by atoms with Crippen molar-refractivity contribution in [1.29, 1.82) is 0 Å². The number of nitrogens with zero attached hydrogens (tertiary/aromatic N) is 3. The molecule has 1 aliphatic heterocycles. The first-order valence-corrected chi connectivity index (χ1v) is 5.78. The summed E-state index contributed by atoms with van der Waals surface area (Å²) in [5, 5.41) is 4.28. The quantitative estimate of drug-likeness (QED) is 0.748. The number of hydrogen-bond donors (Lipinski definition) is 1. The van der Waals surface area contributed by atoms with Crippen molar-refractivity contribution in [3.63, 3.8) is 0 Å². The van der Waals surface area contributed by atoms with E-state index < -0.39 is 0 Å². The molecule has 1 saturated carbocycles. The molecule has 2 N–H and O–H groups in total. The maximum absolute atomic E-state index is 11.6. The molecule has 0 aromatic carbocycles. The molecule has 0 unspecified atom stereocenters. The van der Waals surface area contributed by atoms with Crippen molar-refractivity contribution in [3.05, 3.63) is 12.4 Å². The van der Waals surface area contributed by atoms with Gasteiger partial charge in [-0.2, -0.15) is 5.10 Å². The van der Waals surface area contributed by atoms with Crippen molar-refractivity contribution in [2.75, 3.05) is 4.90 Å². The van der Waals surface area contributed by atoms with E-state index in [-0.39, 0.29) is 18.0 Å². The fourth-order valence-electron chi connectivity index (χ4n) is 2.15. The molecule has 2 heterocycles. The van der Waals surface area contributed by atoms with E-state index in [0.29, 0.717) is 0 Å². The molecule has 5 nitrogen and oxygen atoms in total. The number of carbonyl (C=O) groups excluding carboxylic acids is 1. The van der Waals surface area contributed by atoms with Gasteiger partial charge in [0.25, 0.3) is 0 Å². The summed E-state index contributed by atoms with van der Waals surface area (Å²) in [6.45, 7) is 2.94. The Bertz CT molecular complexity index is 423. The van der Waals surface area contributed by atoms with E-state index in [1.807, 2.05) is 17.8 Å². The molecule has 2 atom stereocenters. The second-order valence-electron chi connectivity index (χ2n) is 4.84. The molecule has 2 aliphatic rings. The van der Waals surface area contributed by atoms with E-state index in [0.717, 1.165) is 18.2 Å². The Morgan fingerprint density at radius 3 is 2.94 bits per heavy atom. The maximum atomic E-state index is 11.6. The molecular weight excluding hydrogens is 204 g/mol. The highest BCUT2D eigenvalue weighted by Crippen LogP contribution is 2.31. The van der Waals surface area contributed by atoms with E-state index >= 15 is 0 Å². The molecule has 0 bridgehead atoms. The Hall–Kier alpha value is -1.36. The van der Waals surface area contributed by atoms with Gasteiger partial charge in [-0.1, -0.05) is 0 Å². The number of anilines is 1. The lowest BCUT2D eigenvalue weighted by Crippen LogP contribution is -2.67. The number of β-lactam (4-membered cyclic amide) rings is 1. The maximum Gasteiger partial charge on any atom is 0.246 e. The number of amides is 1. The van der Waals surface area contributed by atoms with Crippen molar-refractivity contribution >= 4 is 11.6 Å². The fraction of sp³-hybridized carbons (Fsp3) is 0.636. The second kappa shape index (κ2) is 3.31. The molecule has 2 fully saturated rings. The SMILES string of the molecule is C[C@@H]1[C@H](N)C(=O)N1c1cnn(CC2CC2)c1. The van der Waals surface area contributed by atoms with Crippen LogP contribution in [0.5, 0.6) is 0 Å². The van der Waals surface area contributed by atoms with Gasteiger partial charge >= 0.3 is 0 Å². The summed E-state index contributed by atoms with van der Waals surface area (Å²) >= 11 is 0. The number of hydrogen-bond acceptors (Lipinski definition) is 3. The summed E-state index contributed by atoms with van der Waals surface area (Å²) in [5.41, 5.74) is 6.55. The molecule has 3 rings (SSSR count). The number of nitrogens with two attached hydrogens (primary N) is 1. The number of carbonyl (C=O) groups is 1. The van der Waals surface area contributed by atoms with Gasteiger partial charge in [-0.15, -0.1) is 0 Å². The minimum absolute atomic E-state index is 0.00141. The first kappa shape index (κ1) is 9.84. The Kier molecular flexibility index (Phi) is 2.04. The molecule has 1 aromatic rings. The Labute approximate surface area is 94.2 Å². The smallest absolute Gasteiger partial charge is 0.246 e. The lowest BCUT2D eigenvalue weighted by atomic mass is 9.97.